The molecule has 0 rings (SSSR count). The molecule has 84 heavy (non-hydrogen) atoms. The number of ether oxygens (including phenoxy) is 1. The second-order valence-corrected chi connectivity index (χ2v) is 25.7. The van der Waals surface area contributed by atoms with Gasteiger partial charge in [-0.3, -0.25) is 14.2 Å². The molecule has 0 spiro atoms. The molecule has 0 aliphatic carbocycles. The molecule has 3 atom stereocenters. The summed E-state index contributed by atoms with van der Waals surface area (Å²) in [7, 11) is 1.15. The van der Waals surface area contributed by atoms with E-state index >= 15 is 0 Å². The third kappa shape index (κ3) is 63.2. The third-order valence-corrected chi connectivity index (χ3v) is 15.9. The van der Waals surface area contributed by atoms with Crippen molar-refractivity contribution in [2.75, 3.05) is 40.9 Å². The van der Waals surface area contributed by atoms with Crippen molar-refractivity contribution in [2.24, 2.45) is 0 Å². The van der Waals surface area contributed by atoms with E-state index < -0.39 is 26.6 Å². The van der Waals surface area contributed by atoms with Gasteiger partial charge >= 0.3 is 5.97 Å². The topological polar surface area (TPSA) is 114 Å². The minimum atomic E-state index is -4.72. The van der Waals surface area contributed by atoms with Gasteiger partial charge in [0.25, 0.3) is 7.82 Å². The standard InChI is InChI=1S/C74H131N2O7P/c1-7-10-13-16-19-22-25-28-30-32-34-35-36-37-38-39-40-41-43-45-47-49-52-55-58-61-64-67-74(78)83-72(65-62-59-56-53-50-27-24-21-18-15-12-9-3)71(70-82-84(79,80)81-69-68-76(4,5)6)75-73(77)66-63-60-57-54-51-48-46-44-42-33-31-29-26-23-20-17-14-11-8-2/h11,14,19-20,22-23,28-31,34-35,42,44,48,51,62,65,71-72H,7-10,12-13,15-18,21,24-27,32-33,36-41,43,45-47,49-50,52-61,63-64,66-70H2,1-6H3,(H-,75,77,79,80)/b14-11-,22-19-,23-20-,30-28-,31-29-,35-34-,44-42-,51-48-,65-62-. The van der Waals surface area contributed by atoms with Crippen molar-refractivity contribution in [2.45, 2.75) is 309 Å². The first-order chi connectivity index (χ1) is 40.9. The SMILES string of the molecule is CC/C=C\C/C=C\C/C=C\C/C=C\C/C=C\CCCCCC(=O)NC(COP(=O)([O-])OCC[N+](C)(C)C)C(/C=C\CCCCCCCCCCCC)OC(=O)CCCCCCCCCCCCCCCC/C=C\C/C=C\C/C=C\CCCCC. The molecule has 0 aliphatic rings. The van der Waals surface area contributed by atoms with Gasteiger partial charge in [0.1, 0.15) is 19.3 Å². The van der Waals surface area contributed by atoms with E-state index in [0.717, 1.165) is 103 Å². The molecule has 0 aromatic rings. The number of nitrogens with zero attached hydrogens (tertiary/aromatic N) is 1. The molecule has 1 N–H and O–H groups in total. The second-order valence-electron chi connectivity index (χ2n) is 24.3. The summed E-state index contributed by atoms with van der Waals surface area (Å²) < 4.78 is 30.4. The van der Waals surface area contributed by atoms with Gasteiger partial charge in [-0.15, -0.1) is 0 Å². The van der Waals surface area contributed by atoms with Gasteiger partial charge in [0.15, 0.2) is 0 Å². The van der Waals surface area contributed by atoms with E-state index in [4.69, 9.17) is 13.8 Å². The molecule has 0 aliphatic heterocycles. The number of carbonyl (C=O) groups excluding carboxylic acids is 2. The maximum absolute atomic E-state index is 13.6. The molecule has 0 aromatic heterocycles. The largest absolute Gasteiger partial charge is 0.756 e. The molecular formula is C74H131N2O7P. The molecule has 0 aromatic carbocycles. The number of nitrogens with one attached hydrogen (secondary N) is 1. The van der Waals surface area contributed by atoms with E-state index in [2.05, 4.69) is 123 Å². The summed E-state index contributed by atoms with van der Waals surface area (Å²) in [5.41, 5.74) is 0. The Morgan fingerprint density at radius 1 is 0.429 bits per heavy atom. The van der Waals surface area contributed by atoms with Crippen LogP contribution in [0.5, 0.6) is 0 Å². The van der Waals surface area contributed by atoms with E-state index in [9.17, 15) is 19.0 Å². The molecule has 0 saturated heterocycles. The minimum Gasteiger partial charge on any atom is -0.756 e. The summed E-state index contributed by atoms with van der Waals surface area (Å²) in [6.45, 7) is 6.68. The molecule has 0 radical (unpaired) electrons. The van der Waals surface area contributed by atoms with Crippen molar-refractivity contribution >= 4 is 19.7 Å². The van der Waals surface area contributed by atoms with Crippen LogP contribution in [0.25, 0.3) is 0 Å². The summed E-state index contributed by atoms with van der Waals surface area (Å²) in [5.74, 6) is -0.579. The first-order valence-electron chi connectivity index (χ1n) is 34.7. The Balaban J connectivity index is 5.11. The Morgan fingerprint density at radius 2 is 0.762 bits per heavy atom. The van der Waals surface area contributed by atoms with Gasteiger partial charge in [-0.25, -0.2) is 0 Å². The number of carbonyl (C=O) groups is 2. The summed E-state index contributed by atoms with van der Waals surface area (Å²) in [4.78, 5) is 40.1. The summed E-state index contributed by atoms with van der Waals surface area (Å²) in [6.07, 6.45) is 86.4. The number of quaternary nitrogens is 1. The average Bonchev–Trinajstić information content (AvgIpc) is 3.64. The number of rotatable bonds is 62. The maximum atomic E-state index is 13.6. The van der Waals surface area contributed by atoms with Crippen LogP contribution in [-0.4, -0.2) is 69.4 Å². The second kappa shape index (κ2) is 62.7. The molecule has 10 heteroatoms. The van der Waals surface area contributed by atoms with Crippen molar-refractivity contribution < 1.29 is 37.3 Å². The van der Waals surface area contributed by atoms with Crippen molar-refractivity contribution in [3.63, 3.8) is 0 Å². The van der Waals surface area contributed by atoms with Crippen LogP contribution in [0.1, 0.15) is 297 Å². The number of allylic oxidation sites excluding steroid dienone is 17. The van der Waals surface area contributed by atoms with Gasteiger partial charge in [0, 0.05) is 12.8 Å². The van der Waals surface area contributed by atoms with E-state index in [1.54, 1.807) is 0 Å². The fraction of sp³-hybridized carbons (Fsp3) is 0.730. The lowest BCUT2D eigenvalue weighted by Gasteiger charge is -2.30. The van der Waals surface area contributed by atoms with Crippen LogP contribution in [0.3, 0.4) is 0 Å². The first kappa shape index (κ1) is 80.7. The highest BCUT2D eigenvalue weighted by molar-refractivity contribution is 7.45. The van der Waals surface area contributed by atoms with Gasteiger partial charge in [-0.2, -0.15) is 0 Å². The van der Waals surface area contributed by atoms with E-state index in [0.29, 0.717) is 17.4 Å². The Kier molecular flexibility index (Phi) is 60.2. The van der Waals surface area contributed by atoms with Crippen LogP contribution >= 0.6 is 7.82 Å². The van der Waals surface area contributed by atoms with Crippen molar-refractivity contribution in [3.8, 4) is 0 Å². The van der Waals surface area contributed by atoms with Crippen molar-refractivity contribution in [1.82, 2.24) is 5.32 Å². The van der Waals surface area contributed by atoms with Crippen LogP contribution in [0.2, 0.25) is 0 Å². The van der Waals surface area contributed by atoms with Crippen molar-refractivity contribution in [1.29, 1.82) is 0 Å². The van der Waals surface area contributed by atoms with Crippen LogP contribution in [0, 0.1) is 0 Å². The maximum Gasteiger partial charge on any atom is 0.306 e. The fourth-order valence-corrected chi connectivity index (χ4v) is 10.3. The lowest BCUT2D eigenvalue weighted by molar-refractivity contribution is -0.870. The molecule has 0 heterocycles. The Labute approximate surface area is 519 Å². The number of unbranched alkanes of at least 4 members (excludes halogenated alkanes) is 30. The zero-order valence-electron chi connectivity index (χ0n) is 55.3. The molecular weight excluding hydrogens is 1060 g/mol. The summed E-state index contributed by atoms with van der Waals surface area (Å²) in [5, 5.41) is 3.02. The van der Waals surface area contributed by atoms with Crippen LogP contribution < -0.4 is 10.2 Å². The van der Waals surface area contributed by atoms with E-state index in [1.165, 1.54) is 154 Å². The normalized spacial score (nSPS) is 14.2. The smallest absolute Gasteiger partial charge is 0.306 e. The summed E-state index contributed by atoms with van der Waals surface area (Å²) in [6, 6.07) is -0.913. The zero-order chi connectivity index (χ0) is 61.4. The van der Waals surface area contributed by atoms with E-state index in [-0.39, 0.29) is 31.3 Å². The number of esters is 1. The van der Waals surface area contributed by atoms with Crippen LogP contribution in [0.4, 0.5) is 0 Å². The molecule has 0 bridgehead atoms. The predicted molar refractivity (Wildman–Crippen MR) is 362 cm³/mol. The number of phosphoric ester groups is 1. The number of hydrogen-bond donors (Lipinski definition) is 1. The molecule has 1 amide bonds. The molecule has 0 fully saturated rings. The van der Waals surface area contributed by atoms with Gasteiger partial charge < -0.3 is 28.5 Å². The van der Waals surface area contributed by atoms with Gasteiger partial charge in [-0.1, -0.05) is 278 Å². The average molecular weight is 1190 g/mol. The molecule has 9 nitrogen and oxygen atoms in total. The van der Waals surface area contributed by atoms with Gasteiger partial charge in [-0.05, 0) is 115 Å². The van der Waals surface area contributed by atoms with Crippen molar-refractivity contribution in [3.05, 3.63) is 109 Å². The summed E-state index contributed by atoms with van der Waals surface area (Å²) >= 11 is 0. The minimum absolute atomic E-state index is 0.0335. The molecule has 3 unspecified atom stereocenters. The molecule has 484 valence electrons. The van der Waals surface area contributed by atoms with Crippen LogP contribution in [-0.2, 0) is 27.9 Å². The number of likely N-dealkylation sites (N-methyl/N-ethyl adjacent to an activating group) is 1. The highest BCUT2D eigenvalue weighted by Gasteiger charge is 2.27. The fourth-order valence-electron chi connectivity index (χ4n) is 9.62. The third-order valence-electron chi connectivity index (χ3n) is 14.9. The number of amides is 1. The van der Waals surface area contributed by atoms with Gasteiger partial charge in [0.2, 0.25) is 5.91 Å². The highest BCUT2D eigenvalue weighted by Crippen LogP contribution is 2.38. The zero-order valence-corrected chi connectivity index (χ0v) is 56.2. The van der Waals surface area contributed by atoms with E-state index in [1.807, 2.05) is 33.3 Å². The number of hydrogen-bond acceptors (Lipinski definition) is 7. The Hall–Kier alpha value is -3.33. The monoisotopic (exact) mass is 1190 g/mol. The first-order valence-corrected chi connectivity index (χ1v) is 36.2. The van der Waals surface area contributed by atoms with Crippen LogP contribution in [0.15, 0.2) is 109 Å². The lowest BCUT2D eigenvalue weighted by Crippen LogP contribution is -2.47. The Bertz CT molecular complexity index is 1810. The number of phosphoric acid groups is 1. The quantitative estimate of drug-likeness (QED) is 0.0212. The lowest BCUT2D eigenvalue weighted by atomic mass is 10.0. The predicted octanol–water partition coefficient (Wildman–Crippen LogP) is 21.4. The highest BCUT2D eigenvalue weighted by atomic mass is 31.2. The Morgan fingerprint density at radius 3 is 1.18 bits per heavy atom. The molecule has 0 saturated carbocycles. The van der Waals surface area contributed by atoms with Gasteiger partial charge in [0.05, 0.1) is 33.8 Å².